The van der Waals surface area contributed by atoms with Crippen molar-refractivity contribution >= 4 is 0 Å². The highest BCUT2D eigenvalue weighted by atomic mass is 16.5. The van der Waals surface area contributed by atoms with E-state index in [4.69, 9.17) is 4.74 Å². The van der Waals surface area contributed by atoms with Crippen LogP contribution in [0.2, 0.25) is 0 Å². The zero-order valence-corrected chi connectivity index (χ0v) is 14.1. The van der Waals surface area contributed by atoms with Gasteiger partial charge in [0.2, 0.25) is 0 Å². The maximum atomic E-state index is 5.86. The highest BCUT2D eigenvalue weighted by Gasteiger charge is 2.39. The lowest BCUT2D eigenvalue weighted by Crippen LogP contribution is -2.62. The van der Waals surface area contributed by atoms with E-state index in [0.717, 1.165) is 39.3 Å². The first-order valence-corrected chi connectivity index (χ1v) is 8.22. The number of nitrogens with zero attached hydrogens (tertiary/aromatic N) is 1. The summed E-state index contributed by atoms with van der Waals surface area (Å²) >= 11 is 0. The Hall–Kier alpha value is -0.120. The Morgan fingerprint density at radius 3 is 1.95 bits per heavy atom. The van der Waals surface area contributed by atoms with Crippen LogP contribution in [-0.4, -0.2) is 49.3 Å². The van der Waals surface area contributed by atoms with E-state index in [1.54, 1.807) is 0 Å². The van der Waals surface area contributed by atoms with Crippen molar-refractivity contribution in [2.24, 2.45) is 0 Å². The van der Waals surface area contributed by atoms with Gasteiger partial charge in [0.25, 0.3) is 0 Å². The van der Waals surface area contributed by atoms with Gasteiger partial charge >= 0.3 is 0 Å². The first kappa shape index (κ1) is 18.9. The van der Waals surface area contributed by atoms with Crippen molar-refractivity contribution in [3.8, 4) is 0 Å². The van der Waals surface area contributed by atoms with E-state index in [1.807, 2.05) is 0 Å². The van der Waals surface area contributed by atoms with Crippen LogP contribution in [0.25, 0.3) is 0 Å². The summed E-state index contributed by atoms with van der Waals surface area (Å²) in [4.78, 5) is 2.61. The van der Waals surface area contributed by atoms with E-state index in [0.29, 0.717) is 6.04 Å². The maximum absolute atomic E-state index is 5.86. The number of nitrogens with one attached hydrogen (secondary N) is 1. The van der Waals surface area contributed by atoms with Crippen LogP contribution < -0.4 is 5.32 Å². The Morgan fingerprint density at radius 1 is 1.00 bits per heavy atom. The monoisotopic (exact) mass is 272 g/mol. The van der Waals surface area contributed by atoms with Crippen molar-refractivity contribution in [3.05, 3.63) is 0 Å². The molecular formula is C16H36N2O. The van der Waals surface area contributed by atoms with E-state index < -0.39 is 0 Å². The summed E-state index contributed by atoms with van der Waals surface area (Å²) < 4.78 is 5.86. The van der Waals surface area contributed by atoms with Gasteiger partial charge in [-0.3, -0.25) is 4.90 Å². The van der Waals surface area contributed by atoms with Crippen molar-refractivity contribution < 1.29 is 4.74 Å². The molecule has 0 aliphatic carbocycles. The van der Waals surface area contributed by atoms with Crippen LogP contribution in [0.3, 0.4) is 0 Å². The zero-order chi connectivity index (χ0) is 14.7. The molecule has 3 heteroatoms. The molecule has 0 rings (SSSR count). The summed E-state index contributed by atoms with van der Waals surface area (Å²) in [6.45, 7) is 18.4. The third-order valence-electron chi connectivity index (χ3n) is 4.35. The van der Waals surface area contributed by atoms with Gasteiger partial charge in [0.1, 0.15) is 0 Å². The molecule has 0 radical (unpaired) electrons. The first-order chi connectivity index (χ1) is 9.16. The summed E-state index contributed by atoms with van der Waals surface area (Å²) in [7, 11) is 0. The summed E-state index contributed by atoms with van der Waals surface area (Å²) in [5, 5.41) is 3.67. The fourth-order valence-electron chi connectivity index (χ4n) is 3.26. The van der Waals surface area contributed by atoms with Gasteiger partial charge in [0, 0.05) is 18.2 Å². The van der Waals surface area contributed by atoms with Gasteiger partial charge in [-0.25, -0.2) is 0 Å². The van der Waals surface area contributed by atoms with Gasteiger partial charge < -0.3 is 10.1 Å². The van der Waals surface area contributed by atoms with Crippen LogP contribution in [0.1, 0.15) is 60.8 Å². The Bertz CT molecular complexity index is 201. The molecule has 0 aromatic heterocycles. The normalized spacial score (nSPS) is 14.1. The van der Waals surface area contributed by atoms with Crippen LogP contribution >= 0.6 is 0 Å². The summed E-state index contributed by atoms with van der Waals surface area (Å²) in [6, 6.07) is 0.416. The summed E-state index contributed by atoms with van der Waals surface area (Å²) in [5.74, 6) is 0. The topological polar surface area (TPSA) is 24.5 Å². The quantitative estimate of drug-likeness (QED) is 0.552. The Balaban J connectivity index is 5.00. The number of hydrogen-bond acceptors (Lipinski definition) is 3. The average Bonchev–Trinajstić information content (AvgIpc) is 2.44. The minimum absolute atomic E-state index is 0.216. The Labute approximate surface area is 121 Å². The Kier molecular flexibility index (Phi) is 10.6. The number of rotatable bonds is 12. The van der Waals surface area contributed by atoms with Crippen LogP contribution in [0.15, 0.2) is 0 Å². The van der Waals surface area contributed by atoms with Crippen molar-refractivity contribution in [1.82, 2.24) is 10.2 Å². The number of hydrogen-bond donors (Lipinski definition) is 1. The molecule has 1 unspecified atom stereocenters. The summed E-state index contributed by atoms with van der Waals surface area (Å²) in [5.41, 5.74) is 0.216. The number of ether oxygens (including phenoxy) is 1. The van der Waals surface area contributed by atoms with Gasteiger partial charge in [-0.1, -0.05) is 41.5 Å². The van der Waals surface area contributed by atoms with E-state index in [9.17, 15) is 0 Å². The molecule has 0 amide bonds. The molecule has 0 aliphatic heterocycles. The highest BCUT2D eigenvalue weighted by molar-refractivity contribution is 4.98. The van der Waals surface area contributed by atoms with Crippen molar-refractivity contribution in [1.29, 1.82) is 0 Å². The van der Waals surface area contributed by atoms with Crippen LogP contribution in [0.4, 0.5) is 0 Å². The number of likely N-dealkylation sites (N-methyl/N-ethyl adjacent to an activating group) is 2. The average molecular weight is 272 g/mol. The molecule has 1 N–H and O–H groups in total. The van der Waals surface area contributed by atoms with Crippen LogP contribution in [0.5, 0.6) is 0 Å². The van der Waals surface area contributed by atoms with Gasteiger partial charge in [0.05, 0.1) is 6.61 Å². The molecule has 3 nitrogen and oxygen atoms in total. The zero-order valence-electron chi connectivity index (χ0n) is 14.1. The SMILES string of the molecule is CCCOCC(NCC)C(CC)(CC)N(CC)CC. The van der Waals surface area contributed by atoms with Crippen LogP contribution in [-0.2, 0) is 4.74 Å². The Morgan fingerprint density at radius 2 is 1.58 bits per heavy atom. The van der Waals surface area contributed by atoms with Crippen LogP contribution in [0, 0.1) is 0 Å². The largest absolute Gasteiger partial charge is 0.380 e. The third kappa shape index (κ3) is 5.05. The lowest BCUT2D eigenvalue weighted by molar-refractivity contribution is 0.00440. The molecule has 0 saturated carbocycles. The van der Waals surface area contributed by atoms with Crippen molar-refractivity contribution in [2.75, 3.05) is 32.8 Å². The molecule has 0 saturated heterocycles. The molecule has 0 aliphatic rings. The first-order valence-electron chi connectivity index (χ1n) is 8.22. The minimum Gasteiger partial charge on any atom is -0.380 e. The molecule has 116 valence electrons. The maximum Gasteiger partial charge on any atom is 0.0637 e. The molecule has 0 aromatic rings. The lowest BCUT2D eigenvalue weighted by Gasteiger charge is -2.48. The highest BCUT2D eigenvalue weighted by Crippen LogP contribution is 2.28. The van der Waals surface area contributed by atoms with Crippen molar-refractivity contribution in [2.45, 2.75) is 72.4 Å². The molecule has 0 bridgehead atoms. The van der Waals surface area contributed by atoms with Gasteiger partial charge in [0.15, 0.2) is 0 Å². The molecular weight excluding hydrogens is 236 g/mol. The molecule has 0 aromatic carbocycles. The predicted octanol–water partition coefficient (Wildman–Crippen LogP) is 3.29. The smallest absolute Gasteiger partial charge is 0.0637 e. The minimum atomic E-state index is 0.216. The van der Waals surface area contributed by atoms with Crippen molar-refractivity contribution in [3.63, 3.8) is 0 Å². The second-order valence-electron chi connectivity index (χ2n) is 5.17. The molecule has 0 heterocycles. The fourth-order valence-corrected chi connectivity index (χ4v) is 3.26. The molecule has 0 fully saturated rings. The second kappa shape index (κ2) is 10.6. The standard InChI is InChI=1S/C16H36N2O/c1-7-13-19-14-15(17-10-4)16(8-2,9-3)18(11-5)12-6/h15,17H,7-14H2,1-6H3. The summed E-state index contributed by atoms with van der Waals surface area (Å²) in [6.07, 6.45) is 3.42. The van der Waals surface area contributed by atoms with Gasteiger partial charge in [-0.05, 0) is 38.9 Å². The predicted molar refractivity (Wildman–Crippen MR) is 84.8 cm³/mol. The second-order valence-corrected chi connectivity index (χ2v) is 5.17. The molecule has 0 spiro atoms. The fraction of sp³-hybridized carbons (Fsp3) is 1.00. The lowest BCUT2D eigenvalue weighted by atomic mass is 9.82. The van der Waals surface area contributed by atoms with E-state index >= 15 is 0 Å². The van der Waals surface area contributed by atoms with E-state index in [2.05, 4.69) is 51.8 Å². The molecule has 1 atom stereocenters. The van der Waals surface area contributed by atoms with Gasteiger partial charge in [-0.15, -0.1) is 0 Å². The molecule has 19 heavy (non-hydrogen) atoms. The van der Waals surface area contributed by atoms with Gasteiger partial charge in [-0.2, -0.15) is 0 Å². The third-order valence-corrected chi connectivity index (χ3v) is 4.35. The van der Waals surface area contributed by atoms with E-state index in [-0.39, 0.29) is 5.54 Å². The van der Waals surface area contributed by atoms with E-state index in [1.165, 1.54) is 12.8 Å².